The van der Waals surface area contributed by atoms with E-state index in [1.54, 1.807) is 12.3 Å². The monoisotopic (exact) mass is 295 g/mol. The molecule has 1 unspecified atom stereocenters. The number of aryl methyl sites for hydroxylation is 1. The summed E-state index contributed by atoms with van der Waals surface area (Å²) in [5.74, 6) is 0.728. The number of aromatic nitrogens is 2. The first kappa shape index (κ1) is 14.3. The van der Waals surface area contributed by atoms with Gasteiger partial charge in [0.2, 0.25) is 0 Å². The fourth-order valence-corrected chi connectivity index (χ4v) is 2.37. The average molecular weight is 296 g/mol. The van der Waals surface area contributed by atoms with Crippen molar-refractivity contribution in [1.29, 1.82) is 0 Å². The van der Waals surface area contributed by atoms with E-state index in [2.05, 4.69) is 9.97 Å². The number of hydrogen-bond donors (Lipinski definition) is 1. The van der Waals surface area contributed by atoms with Gasteiger partial charge in [0, 0.05) is 40.0 Å². The number of halogens is 2. The molecule has 1 aromatic carbocycles. The lowest BCUT2D eigenvalue weighted by Gasteiger charge is -2.10. The highest BCUT2D eigenvalue weighted by molar-refractivity contribution is 6.35. The van der Waals surface area contributed by atoms with Crippen molar-refractivity contribution < 1.29 is 0 Å². The van der Waals surface area contributed by atoms with Crippen LogP contribution in [0.3, 0.4) is 0 Å². The summed E-state index contributed by atoms with van der Waals surface area (Å²) in [6.45, 7) is 3.86. The summed E-state index contributed by atoms with van der Waals surface area (Å²) in [5.41, 5.74) is 8.67. The van der Waals surface area contributed by atoms with E-state index in [0.717, 1.165) is 22.6 Å². The van der Waals surface area contributed by atoms with Gasteiger partial charge in [-0.25, -0.2) is 9.97 Å². The van der Waals surface area contributed by atoms with Crippen LogP contribution in [0, 0.1) is 6.92 Å². The van der Waals surface area contributed by atoms with E-state index in [9.17, 15) is 0 Å². The molecule has 0 saturated heterocycles. The summed E-state index contributed by atoms with van der Waals surface area (Å²) in [6, 6.07) is 5.37. The predicted octanol–water partition coefficient (Wildman–Crippen LogP) is 3.70. The van der Waals surface area contributed by atoms with Crippen LogP contribution >= 0.6 is 23.2 Å². The molecule has 0 spiro atoms. The lowest BCUT2D eigenvalue weighted by atomic mass is 10.1. The van der Waals surface area contributed by atoms with Gasteiger partial charge in [0.05, 0.1) is 0 Å². The SMILES string of the molecule is Cc1nc(Cc2ccc(Cl)cc2Cl)ncc1C(C)N. The fourth-order valence-electron chi connectivity index (χ4n) is 1.89. The molecule has 1 heterocycles. The van der Waals surface area contributed by atoms with Crippen LogP contribution in [0.25, 0.3) is 0 Å². The first-order valence-electron chi connectivity index (χ1n) is 5.99. The van der Waals surface area contributed by atoms with Gasteiger partial charge in [0.15, 0.2) is 0 Å². The Hall–Kier alpha value is -1.16. The lowest BCUT2D eigenvalue weighted by molar-refractivity contribution is 0.777. The van der Waals surface area contributed by atoms with E-state index in [-0.39, 0.29) is 6.04 Å². The van der Waals surface area contributed by atoms with Gasteiger partial charge >= 0.3 is 0 Å². The number of nitrogens with zero attached hydrogens (tertiary/aromatic N) is 2. The van der Waals surface area contributed by atoms with Crippen LogP contribution in [0.5, 0.6) is 0 Å². The molecule has 0 fully saturated rings. The second kappa shape index (κ2) is 5.87. The Balaban J connectivity index is 2.26. The van der Waals surface area contributed by atoms with Crippen molar-refractivity contribution in [2.24, 2.45) is 5.73 Å². The Kier molecular flexibility index (Phi) is 4.40. The van der Waals surface area contributed by atoms with E-state index in [4.69, 9.17) is 28.9 Å². The van der Waals surface area contributed by atoms with E-state index >= 15 is 0 Å². The van der Waals surface area contributed by atoms with Gasteiger partial charge in [0.1, 0.15) is 5.82 Å². The molecule has 2 N–H and O–H groups in total. The zero-order valence-electron chi connectivity index (χ0n) is 10.8. The van der Waals surface area contributed by atoms with Crippen LogP contribution in [0.1, 0.15) is 35.6 Å². The third-order valence-corrected chi connectivity index (χ3v) is 3.51. The highest BCUT2D eigenvalue weighted by Crippen LogP contribution is 2.23. The molecule has 0 aliphatic carbocycles. The number of hydrogen-bond acceptors (Lipinski definition) is 3. The van der Waals surface area contributed by atoms with Gasteiger partial charge in [-0.2, -0.15) is 0 Å². The van der Waals surface area contributed by atoms with Crippen LogP contribution in [-0.2, 0) is 6.42 Å². The molecule has 5 heteroatoms. The summed E-state index contributed by atoms with van der Waals surface area (Å²) in [5, 5.41) is 1.25. The average Bonchev–Trinajstić information content (AvgIpc) is 2.32. The molecule has 0 aliphatic rings. The molecule has 2 aromatic rings. The first-order chi connectivity index (χ1) is 8.97. The standard InChI is InChI=1S/C14H15Cl2N3/c1-8(17)12-7-18-14(19-9(12)2)5-10-3-4-11(15)6-13(10)16/h3-4,6-8H,5,17H2,1-2H3. The Morgan fingerprint density at radius 2 is 2.05 bits per heavy atom. The maximum absolute atomic E-state index is 6.14. The smallest absolute Gasteiger partial charge is 0.132 e. The van der Waals surface area contributed by atoms with Crippen molar-refractivity contribution in [3.63, 3.8) is 0 Å². The van der Waals surface area contributed by atoms with Crippen LogP contribution in [-0.4, -0.2) is 9.97 Å². The zero-order chi connectivity index (χ0) is 14.0. The Morgan fingerprint density at radius 1 is 1.32 bits per heavy atom. The van der Waals surface area contributed by atoms with Crippen LogP contribution in [0.2, 0.25) is 10.0 Å². The summed E-state index contributed by atoms with van der Waals surface area (Å²) < 4.78 is 0. The van der Waals surface area contributed by atoms with Gasteiger partial charge in [-0.1, -0.05) is 29.3 Å². The Bertz CT molecular complexity index is 597. The van der Waals surface area contributed by atoms with Gasteiger partial charge < -0.3 is 5.73 Å². The van der Waals surface area contributed by atoms with Crippen LogP contribution in [0.4, 0.5) is 0 Å². The molecule has 0 aliphatic heterocycles. The summed E-state index contributed by atoms with van der Waals surface area (Å²) in [4.78, 5) is 8.81. The van der Waals surface area contributed by atoms with Crippen LogP contribution in [0.15, 0.2) is 24.4 Å². The summed E-state index contributed by atoms with van der Waals surface area (Å²) >= 11 is 12.0. The molecule has 1 atom stereocenters. The Labute approximate surface area is 122 Å². The molecule has 2 rings (SSSR count). The molecule has 0 saturated carbocycles. The fraction of sp³-hybridized carbons (Fsp3) is 0.286. The van der Waals surface area contributed by atoms with Crippen molar-refractivity contribution in [2.75, 3.05) is 0 Å². The van der Waals surface area contributed by atoms with Gasteiger partial charge in [0.25, 0.3) is 0 Å². The number of rotatable bonds is 3. The Morgan fingerprint density at radius 3 is 2.63 bits per heavy atom. The molecule has 100 valence electrons. The van der Waals surface area contributed by atoms with Gasteiger partial charge in [-0.15, -0.1) is 0 Å². The molecular formula is C14H15Cl2N3. The summed E-state index contributed by atoms with van der Waals surface area (Å²) in [6.07, 6.45) is 2.36. The second-order valence-electron chi connectivity index (χ2n) is 4.53. The highest BCUT2D eigenvalue weighted by Gasteiger charge is 2.09. The lowest BCUT2D eigenvalue weighted by Crippen LogP contribution is -2.10. The van der Waals surface area contributed by atoms with E-state index < -0.39 is 0 Å². The molecule has 0 radical (unpaired) electrons. The minimum Gasteiger partial charge on any atom is -0.324 e. The van der Waals surface area contributed by atoms with Gasteiger partial charge in [-0.3, -0.25) is 0 Å². The molecule has 1 aromatic heterocycles. The van der Waals surface area contributed by atoms with Crippen molar-refractivity contribution in [2.45, 2.75) is 26.3 Å². The number of benzene rings is 1. The minimum atomic E-state index is -0.0619. The van der Waals surface area contributed by atoms with E-state index in [1.807, 2.05) is 26.0 Å². The third-order valence-electron chi connectivity index (χ3n) is 2.92. The minimum absolute atomic E-state index is 0.0619. The quantitative estimate of drug-likeness (QED) is 0.939. The van der Waals surface area contributed by atoms with E-state index in [1.165, 1.54) is 0 Å². The molecular weight excluding hydrogens is 281 g/mol. The predicted molar refractivity (Wildman–Crippen MR) is 78.6 cm³/mol. The molecule has 19 heavy (non-hydrogen) atoms. The maximum atomic E-state index is 6.14. The highest BCUT2D eigenvalue weighted by atomic mass is 35.5. The molecule has 0 bridgehead atoms. The largest absolute Gasteiger partial charge is 0.324 e. The topological polar surface area (TPSA) is 51.8 Å². The van der Waals surface area contributed by atoms with Crippen molar-refractivity contribution >= 4 is 23.2 Å². The van der Waals surface area contributed by atoms with Crippen molar-refractivity contribution in [3.05, 3.63) is 57.1 Å². The first-order valence-corrected chi connectivity index (χ1v) is 6.75. The van der Waals surface area contributed by atoms with Crippen LogP contribution < -0.4 is 5.73 Å². The second-order valence-corrected chi connectivity index (χ2v) is 5.37. The third kappa shape index (κ3) is 3.44. The van der Waals surface area contributed by atoms with Crippen molar-refractivity contribution in [1.82, 2.24) is 9.97 Å². The maximum Gasteiger partial charge on any atom is 0.132 e. The number of nitrogens with two attached hydrogens (primary N) is 1. The summed E-state index contributed by atoms with van der Waals surface area (Å²) in [7, 11) is 0. The molecule has 3 nitrogen and oxygen atoms in total. The van der Waals surface area contributed by atoms with Gasteiger partial charge in [-0.05, 0) is 31.5 Å². The normalized spacial score (nSPS) is 12.5. The zero-order valence-corrected chi connectivity index (χ0v) is 12.3. The van der Waals surface area contributed by atoms with Crippen molar-refractivity contribution in [3.8, 4) is 0 Å². The van der Waals surface area contributed by atoms with E-state index in [0.29, 0.717) is 16.5 Å². The molecule has 0 amide bonds.